The standard InChI is InChI=1S/C21H18/c1-15(2)18-11-7-14-21-19(12-8-13-20(18)21)16(3)17-9-5-4-6-10-17/h4-14H,1,3H2,2H3. The number of fused-ring (bicyclic) bond motifs is 1. The lowest BCUT2D eigenvalue weighted by molar-refractivity contribution is 1.57. The van der Waals surface area contributed by atoms with E-state index in [9.17, 15) is 0 Å². The van der Waals surface area contributed by atoms with Crippen molar-refractivity contribution in [3.05, 3.63) is 96.6 Å². The molecule has 0 aliphatic rings. The van der Waals surface area contributed by atoms with E-state index in [1.807, 2.05) is 25.1 Å². The van der Waals surface area contributed by atoms with Gasteiger partial charge >= 0.3 is 0 Å². The molecule has 0 bridgehead atoms. The largest absolute Gasteiger partial charge is 0.0955 e. The summed E-state index contributed by atoms with van der Waals surface area (Å²) in [6, 6.07) is 23.1. The van der Waals surface area contributed by atoms with Crippen LogP contribution in [0.25, 0.3) is 21.9 Å². The molecule has 0 heterocycles. The van der Waals surface area contributed by atoms with Crippen molar-refractivity contribution >= 4 is 21.9 Å². The Bertz CT molecular complexity index is 823. The smallest absolute Gasteiger partial charge is 0.00993 e. The molecule has 3 rings (SSSR count). The summed E-state index contributed by atoms with van der Waals surface area (Å²) < 4.78 is 0. The highest BCUT2D eigenvalue weighted by Gasteiger charge is 2.09. The van der Waals surface area contributed by atoms with Crippen LogP contribution in [0.2, 0.25) is 0 Å². The van der Waals surface area contributed by atoms with Gasteiger partial charge in [0.1, 0.15) is 0 Å². The van der Waals surface area contributed by atoms with Gasteiger partial charge in [0.25, 0.3) is 0 Å². The third kappa shape index (κ3) is 2.41. The average Bonchev–Trinajstić information content (AvgIpc) is 2.53. The van der Waals surface area contributed by atoms with Crippen molar-refractivity contribution in [1.82, 2.24) is 0 Å². The second kappa shape index (κ2) is 5.41. The van der Waals surface area contributed by atoms with Gasteiger partial charge in [-0.2, -0.15) is 0 Å². The highest BCUT2D eigenvalue weighted by atomic mass is 14.1. The van der Waals surface area contributed by atoms with Crippen molar-refractivity contribution in [2.24, 2.45) is 0 Å². The molecule has 0 aliphatic carbocycles. The van der Waals surface area contributed by atoms with Crippen LogP contribution in [0, 0.1) is 0 Å². The minimum Gasteiger partial charge on any atom is -0.0955 e. The predicted molar refractivity (Wildman–Crippen MR) is 93.2 cm³/mol. The number of hydrogen-bond acceptors (Lipinski definition) is 0. The Morgan fingerprint density at radius 2 is 1.24 bits per heavy atom. The zero-order chi connectivity index (χ0) is 14.8. The van der Waals surface area contributed by atoms with E-state index in [0.29, 0.717) is 0 Å². The van der Waals surface area contributed by atoms with E-state index in [1.165, 1.54) is 21.9 Å². The second-order valence-electron chi connectivity index (χ2n) is 5.33. The second-order valence-corrected chi connectivity index (χ2v) is 5.33. The SMILES string of the molecule is C=C(C)c1cccc2c(C(=C)c3ccccc3)cccc12. The Hall–Kier alpha value is -2.60. The molecule has 0 atom stereocenters. The summed E-state index contributed by atoms with van der Waals surface area (Å²) in [6.07, 6.45) is 0. The van der Waals surface area contributed by atoms with Crippen molar-refractivity contribution in [2.45, 2.75) is 6.92 Å². The molecular formula is C21H18. The monoisotopic (exact) mass is 270 g/mol. The summed E-state index contributed by atoms with van der Waals surface area (Å²) in [4.78, 5) is 0. The van der Waals surface area contributed by atoms with E-state index in [1.54, 1.807) is 0 Å². The van der Waals surface area contributed by atoms with E-state index < -0.39 is 0 Å². The van der Waals surface area contributed by atoms with Gasteiger partial charge in [0.15, 0.2) is 0 Å². The number of benzene rings is 3. The highest BCUT2D eigenvalue weighted by molar-refractivity contribution is 6.01. The van der Waals surface area contributed by atoms with Gasteiger partial charge in [0, 0.05) is 0 Å². The Kier molecular flexibility index (Phi) is 3.45. The Morgan fingerprint density at radius 1 is 0.667 bits per heavy atom. The van der Waals surface area contributed by atoms with Gasteiger partial charge in [0.05, 0.1) is 0 Å². The molecule has 21 heavy (non-hydrogen) atoms. The molecule has 0 amide bonds. The van der Waals surface area contributed by atoms with E-state index in [0.717, 1.165) is 16.7 Å². The van der Waals surface area contributed by atoms with Gasteiger partial charge in [-0.1, -0.05) is 85.5 Å². The van der Waals surface area contributed by atoms with Crippen molar-refractivity contribution < 1.29 is 0 Å². The van der Waals surface area contributed by atoms with E-state index in [2.05, 4.69) is 61.7 Å². The third-order valence-corrected chi connectivity index (χ3v) is 3.83. The normalized spacial score (nSPS) is 10.5. The average molecular weight is 270 g/mol. The molecule has 0 aliphatic heterocycles. The first-order chi connectivity index (χ1) is 10.2. The van der Waals surface area contributed by atoms with Gasteiger partial charge in [0.2, 0.25) is 0 Å². The lowest BCUT2D eigenvalue weighted by Crippen LogP contribution is -1.90. The van der Waals surface area contributed by atoms with Crippen LogP contribution in [0.4, 0.5) is 0 Å². The van der Waals surface area contributed by atoms with Crippen LogP contribution in [-0.4, -0.2) is 0 Å². The fraction of sp³-hybridized carbons (Fsp3) is 0.0476. The summed E-state index contributed by atoms with van der Waals surface area (Å²) >= 11 is 0. The number of rotatable bonds is 3. The number of hydrogen-bond donors (Lipinski definition) is 0. The maximum Gasteiger partial charge on any atom is -0.00993 e. The minimum absolute atomic E-state index is 1.06. The highest BCUT2D eigenvalue weighted by Crippen LogP contribution is 2.32. The van der Waals surface area contributed by atoms with Crippen LogP contribution in [0.1, 0.15) is 23.6 Å². The van der Waals surface area contributed by atoms with Gasteiger partial charge < -0.3 is 0 Å². The van der Waals surface area contributed by atoms with Crippen LogP contribution in [0.3, 0.4) is 0 Å². The van der Waals surface area contributed by atoms with Crippen molar-refractivity contribution in [2.75, 3.05) is 0 Å². The summed E-state index contributed by atoms with van der Waals surface area (Å²) in [5.41, 5.74) is 5.69. The lowest BCUT2D eigenvalue weighted by Gasteiger charge is -2.12. The molecule has 0 saturated carbocycles. The van der Waals surface area contributed by atoms with Crippen molar-refractivity contribution in [1.29, 1.82) is 0 Å². The van der Waals surface area contributed by atoms with Crippen LogP contribution >= 0.6 is 0 Å². The van der Waals surface area contributed by atoms with Gasteiger partial charge in [-0.25, -0.2) is 0 Å². The molecule has 0 N–H and O–H groups in total. The molecule has 0 nitrogen and oxygen atoms in total. The van der Waals surface area contributed by atoms with Crippen molar-refractivity contribution in [3.8, 4) is 0 Å². The van der Waals surface area contributed by atoms with Crippen LogP contribution in [0.15, 0.2) is 79.9 Å². The molecule has 0 radical (unpaired) electrons. The molecule has 0 aromatic heterocycles. The molecule has 0 unspecified atom stereocenters. The molecule has 0 spiro atoms. The molecule has 0 heteroatoms. The molecule has 3 aromatic rings. The van der Waals surface area contributed by atoms with Gasteiger partial charge in [-0.05, 0) is 40.0 Å². The maximum absolute atomic E-state index is 4.30. The summed E-state index contributed by atoms with van der Waals surface area (Å²) in [5.74, 6) is 0. The number of allylic oxidation sites excluding steroid dienone is 1. The topological polar surface area (TPSA) is 0 Å². The Balaban J connectivity index is 2.23. The minimum atomic E-state index is 1.06. The summed E-state index contributed by atoms with van der Waals surface area (Å²) in [7, 11) is 0. The third-order valence-electron chi connectivity index (χ3n) is 3.83. The maximum atomic E-state index is 4.30. The van der Waals surface area contributed by atoms with Crippen LogP contribution in [-0.2, 0) is 0 Å². The molecule has 3 aromatic carbocycles. The lowest BCUT2D eigenvalue weighted by atomic mass is 9.91. The molecule has 0 saturated heterocycles. The predicted octanol–water partition coefficient (Wildman–Crippen LogP) is 5.93. The summed E-state index contributed by atoms with van der Waals surface area (Å²) in [5, 5.41) is 2.46. The Morgan fingerprint density at radius 3 is 1.86 bits per heavy atom. The zero-order valence-corrected chi connectivity index (χ0v) is 12.3. The van der Waals surface area contributed by atoms with Crippen LogP contribution < -0.4 is 0 Å². The van der Waals surface area contributed by atoms with E-state index >= 15 is 0 Å². The first-order valence-corrected chi connectivity index (χ1v) is 7.11. The fourth-order valence-corrected chi connectivity index (χ4v) is 2.74. The zero-order valence-electron chi connectivity index (χ0n) is 12.3. The quantitative estimate of drug-likeness (QED) is 0.553. The molecule has 0 fully saturated rings. The first kappa shape index (κ1) is 13.4. The fourth-order valence-electron chi connectivity index (χ4n) is 2.74. The van der Waals surface area contributed by atoms with Crippen molar-refractivity contribution in [3.63, 3.8) is 0 Å². The molecular weight excluding hydrogens is 252 g/mol. The van der Waals surface area contributed by atoms with Gasteiger partial charge in [-0.15, -0.1) is 0 Å². The first-order valence-electron chi connectivity index (χ1n) is 7.11. The Labute approximate surface area is 126 Å². The summed E-state index contributed by atoms with van der Waals surface area (Å²) in [6.45, 7) is 10.4. The van der Waals surface area contributed by atoms with E-state index in [-0.39, 0.29) is 0 Å². The molecule has 102 valence electrons. The van der Waals surface area contributed by atoms with Crippen LogP contribution in [0.5, 0.6) is 0 Å². The van der Waals surface area contributed by atoms with Gasteiger partial charge in [-0.3, -0.25) is 0 Å². The van der Waals surface area contributed by atoms with E-state index in [4.69, 9.17) is 0 Å².